The second-order valence-electron chi connectivity index (χ2n) is 4.99. The summed E-state index contributed by atoms with van der Waals surface area (Å²) < 4.78 is 5.61. The fraction of sp³-hybridized carbons (Fsp3) is 0.462. The number of nitrogens with two attached hydrogens (primary N) is 1. The van der Waals surface area contributed by atoms with E-state index >= 15 is 0 Å². The summed E-state index contributed by atoms with van der Waals surface area (Å²) in [5.74, 6) is -0.677. The fourth-order valence-electron chi connectivity index (χ4n) is 2.46. The molecule has 20 heavy (non-hydrogen) atoms. The van der Waals surface area contributed by atoms with E-state index in [0.717, 1.165) is 0 Å². The molecule has 7 heteroatoms. The standard InChI is InChI=1S/C13H17N3O4/c1-8-6-15(7-9(2)20-8)11-4-3-10(13(14)17)5-12(11)16(18)19/h3-5,8-9H,6-7H2,1-2H3,(H2,14,17)/t8-,9+. The second-order valence-corrected chi connectivity index (χ2v) is 4.99. The average molecular weight is 279 g/mol. The maximum absolute atomic E-state index is 11.2. The van der Waals surface area contributed by atoms with Gasteiger partial charge < -0.3 is 15.4 Å². The smallest absolute Gasteiger partial charge is 0.293 e. The molecule has 1 heterocycles. The second kappa shape index (κ2) is 5.46. The van der Waals surface area contributed by atoms with Crippen LogP contribution in [-0.4, -0.2) is 36.1 Å². The van der Waals surface area contributed by atoms with Crippen LogP contribution < -0.4 is 10.6 Å². The molecule has 0 radical (unpaired) electrons. The zero-order valence-corrected chi connectivity index (χ0v) is 11.4. The third kappa shape index (κ3) is 2.88. The molecule has 1 saturated heterocycles. The minimum Gasteiger partial charge on any atom is -0.372 e. The van der Waals surface area contributed by atoms with Gasteiger partial charge in [0.1, 0.15) is 5.69 Å². The monoisotopic (exact) mass is 279 g/mol. The lowest BCUT2D eigenvalue weighted by atomic mass is 10.1. The molecular formula is C13H17N3O4. The minimum absolute atomic E-state index is 0.00540. The van der Waals surface area contributed by atoms with Gasteiger partial charge in [-0.3, -0.25) is 14.9 Å². The first-order chi connectivity index (χ1) is 9.38. The molecule has 0 saturated carbocycles. The Labute approximate surface area is 116 Å². The van der Waals surface area contributed by atoms with E-state index in [1.165, 1.54) is 12.1 Å². The van der Waals surface area contributed by atoms with E-state index in [9.17, 15) is 14.9 Å². The van der Waals surface area contributed by atoms with Crippen LogP contribution in [0.5, 0.6) is 0 Å². The Morgan fingerprint density at radius 1 is 1.40 bits per heavy atom. The number of hydrogen-bond acceptors (Lipinski definition) is 5. The largest absolute Gasteiger partial charge is 0.372 e. The van der Waals surface area contributed by atoms with Crippen LogP contribution >= 0.6 is 0 Å². The van der Waals surface area contributed by atoms with Gasteiger partial charge in [0.05, 0.1) is 17.1 Å². The highest BCUT2D eigenvalue weighted by molar-refractivity contribution is 5.94. The minimum atomic E-state index is -0.677. The lowest BCUT2D eigenvalue weighted by molar-refractivity contribution is -0.384. The number of rotatable bonds is 3. The van der Waals surface area contributed by atoms with Crippen LogP contribution in [0.15, 0.2) is 18.2 Å². The van der Waals surface area contributed by atoms with Crippen molar-refractivity contribution in [2.75, 3.05) is 18.0 Å². The molecule has 1 aliphatic heterocycles. The van der Waals surface area contributed by atoms with Crippen molar-refractivity contribution in [2.24, 2.45) is 5.73 Å². The predicted octanol–water partition coefficient (Wildman–Crippen LogP) is 1.31. The van der Waals surface area contributed by atoms with E-state index in [-0.39, 0.29) is 23.5 Å². The molecular weight excluding hydrogens is 262 g/mol. The lowest BCUT2D eigenvalue weighted by Gasteiger charge is -2.36. The zero-order chi connectivity index (χ0) is 14.9. The summed E-state index contributed by atoms with van der Waals surface area (Å²) in [5.41, 5.74) is 5.67. The summed E-state index contributed by atoms with van der Waals surface area (Å²) in [6.07, 6.45) is -0.0108. The Morgan fingerprint density at radius 2 is 2.00 bits per heavy atom. The molecule has 0 aromatic heterocycles. The summed E-state index contributed by atoms with van der Waals surface area (Å²) in [6, 6.07) is 4.31. The molecule has 7 nitrogen and oxygen atoms in total. The number of nitro groups is 1. The van der Waals surface area contributed by atoms with Crippen molar-refractivity contribution < 1.29 is 14.5 Å². The number of benzene rings is 1. The van der Waals surface area contributed by atoms with E-state index in [4.69, 9.17) is 10.5 Å². The number of nitrogens with zero attached hydrogens (tertiary/aromatic N) is 2. The molecule has 1 aromatic rings. The van der Waals surface area contributed by atoms with Crippen LogP contribution in [0.1, 0.15) is 24.2 Å². The van der Waals surface area contributed by atoms with E-state index in [1.807, 2.05) is 18.7 Å². The highest BCUT2D eigenvalue weighted by atomic mass is 16.6. The van der Waals surface area contributed by atoms with E-state index in [2.05, 4.69) is 0 Å². The molecule has 1 aromatic carbocycles. The third-order valence-corrected chi connectivity index (χ3v) is 3.22. The number of primary amides is 1. The molecule has 1 fully saturated rings. The van der Waals surface area contributed by atoms with E-state index < -0.39 is 10.8 Å². The molecule has 2 N–H and O–H groups in total. The SMILES string of the molecule is C[C@@H]1CN(c2ccc(C(N)=O)cc2[N+](=O)[O-])C[C@H](C)O1. The Hall–Kier alpha value is -2.15. The summed E-state index contributed by atoms with van der Waals surface area (Å²) >= 11 is 0. The summed E-state index contributed by atoms with van der Waals surface area (Å²) in [6.45, 7) is 4.99. The zero-order valence-electron chi connectivity index (χ0n) is 11.4. The Kier molecular flexibility index (Phi) is 3.89. The van der Waals surface area contributed by atoms with Gasteiger partial charge in [-0.15, -0.1) is 0 Å². The number of morpholine rings is 1. The van der Waals surface area contributed by atoms with Gasteiger partial charge in [0.2, 0.25) is 5.91 Å². The van der Waals surface area contributed by atoms with Gasteiger partial charge in [0.25, 0.3) is 5.69 Å². The lowest BCUT2D eigenvalue weighted by Crippen LogP contribution is -2.45. The van der Waals surface area contributed by atoms with Crippen LogP contribution in [0, 0.1) is 10.1 Å². The number of carbonyl (C=O) groups excluding carboxylic acids is 1. The fourth-order valence-corrected chi connectivity index (χ4v) is 2.46. The van der Waals surface area contributed by atoms with Crippen LogP contribution in [0.2, 0.25) is 0 Å². The Balaban J connectivity index is 2.40. The highest BCUT2D eigenvalue weighted by Crippen LogP contribution is 2.31. The van der Waals surface area contributed by atoms with Gasteiger partial charge in [-0.2, -0.15) is 0 Å². The van der Waals surface area contributed by atoms with Gasteiger partial charge in [0, 0.05) is 24.7 Å². The van der Waals surface area contributed by atoms with Gasteiger partial charge in [0.15, 0.2) is 0 Å². The van der Waals surface area contributed by atoms with Crippen molar-refractivity contribution in [3.63, 3.8) is 0 Å². The number of anilines is 1. The summed E-state index contributed by atoms with van der Waals surface area (Å²) in [5, 5.41) is 11.2. The van der Waals surface area contributed by atoms with Gasteiger partial charge in [-0.25, -0.2) is 0 Å². The van der Waals surface area contributed by atoms with Crippen LogP contribution in [0.25, 0.3) is 0 Å². The number of hydrogen-bond donors (Lipinski definition) is 1. The van der Waals surface area contributed by atoms with Crippen LogP contribution in [0.4, 0.5) is 11.4 Å². The molecule has 0 spiro atoms. The first kappa shape index (κ1) is 14.3. The predicted molar refractivity (Wildman–Crippen MR) is 73.8 cm³/mol. The number of amides is 1. The van der Waals surface area contributed by atoms with Gasteiger partial charge >= 0.3 is 0 Å². The molecule has 0 bridgehead atoms. The number of ether oxygens (including phenoxy) is 1. The molecule has 108 valence electrons. The van der Waals surface area contributed by atoms with Crippen molar-refractivity contribution in [3.8, 4) is 0 Å². The average Bonchev–Trinajstić information content (AvgIpc) is 2.36. The van der Waals surface area contributed by atoms with Crippen molar-refractivity contribution >= 4 is 17.3 Å². The van der Waals surface area contributed by atoms with Crippen molar-refractivity contribution in [1.82, 2.24) is 0 Å². The van der Waals surface area contributed by atoms with E-state index in [1.54, 1.807) is 6.07 Å². The molecule has 2 atom stereocenters. The molecule has 2 rings (SSSR count). The van der Waals surface area contributed by atoms with Crippen LogP contribution in [0.3, 0.4) is 0 Å². The number of carbonyl (C=O) groups is 1. The summed E-state index contributed by atoms with van der Waals surface area (Å²) in [7, 11) is 0. The van der Waals surface area contributed by atoms with Crippen LogP contribution in [-0.2, 0) is 4.74 Å². The molecule has 1 aliphatic rings. The third-order valence-electron chi connectivity index (χ3n) is 3.22. The van der Waals surface area contributed by atoms with Crippen molar-refractivity contribution in [1.29, 1.82) is 0 Å². The Bertz CT molecular complexity index is 536. The van der Waals surface area contributed by atoms with Crippen molar-refractivity contribution in [3.05, 3.63) is 33.9 Å². The molecule has 1 amide bonds. The topological polar surface area (TPSA) is 98.7 Å². The van der Waals surface area contributed by atoms with Crippen molar-refractivity contribution in [2.45, 2.75) is 26.1 Å². The van der Waals surface area contributed by atoms with Gasteiger partial charge in [-0.1, -0.05) is 0 Å². The van der Waals surface area contributed by atoms with Gasteiger partial charge in [-0.05, 0) is 26.0 Å². The summed E-state index contributed by atoms with van der Waals surface area (Å²) in [4.78, 5) is 23.7. The Morgan fingerprint density at radius 3 is 2.50 bits per heavy atom. The maximum atomic E-state index is 11.2. The quantitative estimate of drug-likeness (QED) is 0.664. The maximum Gasteiger partial charge on any atom is 0.293 e. The first-order valence-electron chi connectivity index (χ1n) is 6.37. The number of nitro benzene ring substituents is 1. The first-order valence-corrected chi connectivity index (χ1v) is 6.37. The molecule has 0 unspecified atom stereocenters. The normalized spacial score (nSPS) is 22.6. The van der Waals surface area contributed by atoms with E-state index in [0.29, 0.717) is 18.8 Å². The molecule has 0 aliphatic carbocycles. The highest BCUT2D eigenvalue weighted by Gasteiger charge is 2.27.